The predicted molar refractivity (Wildman–Crippen MR) is 86.2 cm³/mol. The average molecular weight is 318 g/mol. The smallest absolute Gasteiger partial charge is 0.262 e. The molecule has 0 aliphatic carbocycles. The number of sulfonamides is 1. The molecule has 106 valence electrons. The third-order valence-corrected chi connectivity index (χ3v) is 4.91. The molecule has 0 heterocycles. The molecule has 0 saturated heterocycles. The third kappa shape index (κ3) is 2.73. The monoisotopic (exact) mass is 317 g/mol. The third-order valence-electron chi connectivity index (χ3n) is 3.16. The van der Waals surface area contributed by atoms with Crippen LogP contribution in [0.2, 0.25) is 5.02 Å². The van der Waals surface area contributed by atoms with Gasteiger partial charge in [-0.25, -0.2) is 8.42 Å². The minimum absolute atomic E-state index is 0.237. The minimum atomic E-state index is -3.70. The highest BCUT2D eigenvalue weighted by molar-refractivity contribution is 7.93. The normalized spacial score (nSPS) is 11.5. The van der Waals surface area contributed by atoms with Crippen LogP contribution in [0.4, 0.5) is 5.69 Å². The van der Waals surface area contributed by atoms with E-state index < -0.39 is 10.0 Å². The average Bonchev–Trinajstić information content (AvgIpc) is 2.49. The largest absolute Gasteiger partial charge is 0.278 e. The van der Waals surface area contributed by atoms with Gasteiger partial charge in [0, 0.05) is 5.39 Å². The van der Waals surface area contributed by atoms with Crippen molar-refractivity contribution in [3.05, 3.63) is 71.8 Å². The Kier molecular flexibility index (Phi) is 3.57. The summed E-state index contributed by atoms with van der Waals surface area (Å²) in [6.45, 7) is 0. The summed E-state index contributed by atoms with van der Waals surface area (Å²) in [6, 6.07) is 19.3. The number of hydrogen-bond donors (Lipinski definition) is 1. The van der Waals surface area contributed by atoms with Gasteiger partial charge in [0.05, 0.1) is 15.6 Å². The number of rotatable bonds is 3. The van der Waals surface area contributed by atoms with E-state index in [1.165, 1.54) is 0 Å². The van der Waals surface area contributed by atoms with Gasteiger partial charge in [0.25, 0.3) is 10.0 Å². The van der Waals surface area contributed by atoms with Crippen molar-refractivity contribution in [3.8, 4) is 0 Å². The number of benzene rings is 3. The summed E-state index contributed by atoms with van der Waals surface area (Å²) in [5.41, 5.74) is 0.368. The molecule has 21 heavy (non-hydrogen) atoms. The fourth-order valence-corrected chi connectivity index (χ4v) is 3.72. The van der Waals surface area contributed by atoms with Gasteiger partial charge in [-0.3, -0.25) is 4.72 Å². The number of nitrogens with one attached hydrogen (secondary N) is 1. The van der Waals surface area contributed by atoms with E-state index in [0.717, 1.165) is 5.39 Å². The Morgan fingerprint density at radius 2 is 1.48 bits per heavy atom. The van der Waals surface area contributed by atoms with Crippen LogP contribution in [0.3, 0.4) is 0 Å². The maximum Gasteiger partial charge on any atom is 0.262 e. The molecule has 0 saturated carbocycles. The molecule has 3 aromatic rings. The second kappa shape index (κ2) is 5.39. The summed E-state index contributed by atoms with van der Waals surface area (Å²) >= 11 is 6.01. The first kappa shape index (κ1) is 13.9. The van der Waals surface area contributed by atoms with E-state index in [2.05, 4.69) is 4.72 Å². The molecule has 0 atom stereocenters. The van der Waals surface area contributed by atoms with E-state index in [-0.39, 0.29) is 4.90 Å². The van der Waals surface area contributed by atoms with Crippen molar-refractivity contribution in [1.82, 2.24) is 0 Å². The van der Waals surface area contributed by atoms with E-state index in [4.69, 9.17) is 11.6 Å². The van der Waals surface area contributed by atoms with Crippen LogP contribution in [0, 0.1) is 0 Å². The maximum absolute atomic E-state index is 12.6. The molecule has 5 heteroatoms. The molecular weight excluding hydrogens is 306 g/mol. The molecule has 0 aromatic heterocycles. The highest BCUT2D eigenvalue weighted by Crippen LogP contribution is 2.27. The predicted octanol–water partition coefficient (Wildman–Crippen LogP) is 4.29. The summed E-state index contributed by atoms with van der Waals surface area (Å²) in [4.78, 5) is 0.237. The van der Waals surface area contributed by atoms with Crippen LogP contribution < -0.4 is 4.72 Å². The fourth-order valence-electron chi connectivity index (χ4n) is 2.17. The van der Waals surface area contributed by atoms with Crippen molar-refractivity contribution in [3.63, 3.8) is 0 Å². The Hall–Kier alpha value is -2.04. The van der Waals surface area contributed by atoms with Crippen molar-refractivity contribution >= 4 is 38.1 Å². The van der Waals surface area contributed by atoms with Crippen LogP contribution in [-0.4, -0.2) is 8.42 Å². The van der Waals surface area contributed by atoms with Crippen molar-refractivity contribution in [1.29, 1.82) is 0 Å². The number of fused-ring (bicyclic) bond motifs is 1. The van der Waals surface area contributed by atoms with Gasteiger partial charge in [0.15, 0.2) is 0 Å². The summed E-state index contributed by atoms with van der Waals surface area (Å²) in [5.74, 6) is 0. The number of halogens is 1. The SMILES string of the molecule is O=S(=O)(Nc1ccccc1Cl)c1cccc2ccccc12. The Morgan fingerprint density at radius 3 is 2.29 bits per heavy atom. The fraction of sp³-hybridized carbons (Fsp3) is 0. The van der Waals surface area contributed by atoms with Gasteiger partial charge in [0.1, 0.15) is 0 Å². The van der Waals surface area contributed by atoms with Crippen LogP contribution in [0.15, 0.2) is 71.6 Å². The van der Waals surface area contributed by atoms with E-state index in [1.54, 1.807) is 42.5 Å². The molecule has 0 spiro atoms. The zero-order valence-corrected chi connectivity index (χ0v) is 12.5. The Balaban J connectivity index is 2.11. The molecule has 0 aliphatic heterocycles. The molecule has 1 N–H and O–H groups in total. The molecule has 0 fully saturated rings. The first-order valence-electron chi connectivity index (χ1n) is 6.33. The van der Waals surface area contributed by atoms with Crippen molar-refractivity contribution in [2.75, 3.05) is 4.72 Å². The summed E-state index contributed by atoms with van der Waals surface area (Å²) in [6.07, 6.45) is 0. The summed E-state index contributed by atoms with van der Waals surface area (Å²) in [5, 5.41) is 1.92. The van der Waals surface area contributed by atoms with E-state index >= 15 is 0 Å². The van der Waals surface area contributed by atoms with Gasteiger partial charge in [-0.05, 0) is 23.6 Å². The van der Waals surface area contributed by atoms with Crippen LogP contribution >= 0.6 is 11.6 Å². The van der Waals surface area contributed by atoms with Crippen LogP contribution in [0.1, 0.15) is 0 Å². The number of para-hydroxylation sites is 1. The topological polar surface area (TPSA) is 46.2 Å². The summed E-state index contributed by atoms with van der Waals surface area (Å²) in [7, 11) is -3.70. The molecule has 3 rings (SSSR count). The molecule has 0 unspecified atom stereocenters. The minimum Gasteiger partial charge on any atom is -0.278 e. The number of hydrogen-bond acceptors (Lipinski definition) is 2. The van der Waals surface area contributed by atoms with Gasteiger partial charge in [-0.15, -0.1) is 0 Å². The Bertz CT molecular complexity index is 902. The lowest BCUT2D eigenvalue weighted by molar-refractivity contribution is 0.602. The number of anilines is 1. The molecule has 0 bridgehead atoms. The zero-order chi connectivity index (χ0) is 14.9. The molecule has 0 radical (unpaired) electrons. The first-order chi connectivity index (χ1) is 10.1. The lowest BCUT2D eigenvalue weighted by atomic mass is 10.1. The molecule has 0 amide bonds. The van der Waals surface area contributed by atoms with E-state index in [1.807, 2.05) is 24.3 Å². The van der Waals surface area contributed by atoms with Gasteiger partial charge in [-0.2, -0.15) is 0 Å². The first-order valence-corrected chi connectivity index (χ1v) is 8.19. The van der Waals surface area contributed by atoms with Crippen LogP contribution in [0.25, 0.3) is 10.8 Å². The lowest BCUT2D eigenvalue weighted by Gasteiger charge is -2.11. The van der Waals surface area contributed by atoms with E-state index in [9.17, 15) is 8.42 Å². The molecule has 0 aliphatic rings. The van der Waals surface area contributed by atoms with Gasteiger partial charge in [0.2, 0.25) is 0 Å². The van der Waals surface area contributed by atoms with Gasteiger partial charge in [-0.1, -0.05) is 60.1 Å². The lowest BCUT2D eigenvalue weighted by Crippen LogP contribution is -2.13. The standard InChI is InChI=1S/C16H12ClNO2S/c17-14-9-3-4-10-15(14)18-21(19,20)16-11-5-7-12-6-1-2-8-13(12)16/h1-11,18H. The van der Waals surface area contributed by atoms with Crippen molar-refractivity contribution in [2.45, 2.75) is 4.90 Å². The second-order valence-electron chi connectivity index (χ2n) is 4.56. The Labute approximate surface area is 128 Å². The van der Waals surface area contributed by atoms with Crippen LogP contribution in [-0.2, 0) is 10.0 Å². The van der Waals surface area contributed by atoms with Crippen LogP contribution in [0.5, 0.6) is 0 Å². The maximum atomic E-state index is 12.6. The summed E-state index contributed by atoms with van der Waals surface area (Å²) < 4.78 is 27.7. The molecular formula is C16H12ClNO2S. The van der Waals surface area contributed by atoms with Gasteiger partial charge >= 0.3 is 0 Å². The highest BCUT2D eigenvalue weighted by atomic mass is 35.5. The second-order valence-corrected chi connectivity index (χ2v) is 6.62. The Morgan fingerprint density at radius 1 is 0.810 bits per heavy atom. The van der Waals surface area contributed by atoms with Crippen molar-refractivity contribution in [2.24, 2.45) is 0 Å². The zero-order valence-electron chi connectivity index (χ0n) is 11.0. The van der Waals surface area contributed by atoms with Crippen molar-refractivity contribution < 1.29 is 8.42 Å². The highest BCUT2D eigenvalue weighted by Gasteiger charge is 2.18. The molecule has 3 aromatic carbocycles. The molecule has 3 nitrogen and oxygen atoms in total. The van der Waals surface area contributed by atoms with Gasteiger partial charge < -0.3 is 0 Å². The quantitative estimate of drug-likeness (QED) is 0.783. The van der Waals surface area contributed by atoms with E-state index in [0.29, 0.717) is 16.1 Å².